The maximum atomic E-state index is 11.0. The van der Waals surface area contributed by atoms with Crippen LogP contribution in [-0.2, 0) is 16.3 Å². The highest BCUT2D eigenvalue weighted by atomic mass is 32.2. The molecule has 0 saturated heterocycles. The molecule has 1 aromatic heterocycles. The van der Waals surface area contributed by atoms with Crippen LogP contribution in [0.1, 0.15) is 44.4 Å². The highest BCUT2D eigenvalue weighted by Crippen LogP contribution is 2.14. The molecule has 0 aliphatic heterocycles. The normalized spacial score (nSPS) is 14.1. The van der Waals surface area contributed by atoms with E-state index in [1.165, 1.54) is 6.26 Å². The lowest BCUT2D eigenvalue weighted by molar-refractivity contribution is 0.347. The monoisotopic (exact) mass is 275 g/mol. The number of nitrogens with two attached hydrogens (primary N) is 1. The number of sulfone groups is 1. The molecule has 1 atom stereocenters. The lowest BCUT2D eigenvalue weighted by Crippen LogP contribution is -2.16. The Bertz CT molecular complexity index is 468. The van der Waals surface area contributed by atoms with Crippen LogP contribution < -0.4 is 5.73 Å². The average Bonchev–Trinajstić information content (AvgIpc) is 2.70. The Kier molecular flexibility index (Phi) is 5.28. The standard InChI is InChI=1S/C11H21N3O3S/c1-8(2)4-5-10-13-11(17-14-10)9(12)6-7-18(3,15)16/h8-9H,4-7,12H2,1-3H3. The van der Waals surface area contributed by atoms with Crippen molar-refractivity contribution >= 4 is 9.84 Å². The third-order valence-corrected chi connectivity index (χ3v) is 3.52. The quantitative estimate of drug-likeness (QED) is 0.799. The Balaban J connectivity index is 2.51. The molecule has 1 rings (SSSR count). The van der Waals surface area contributed by atoms with Crippen LogP contribution in [0.3, 0.4) is 0 Å². The minimum atomic E-state index is -3.01. The van der Waals surface area contributed by atoms with Gasteiger partial charge in [-0.2, -0.15) is 4.98 Å². The van der Waals surface area contributed by atoms with Gasteiger partial charge in [0.05, 0.1) is 11.8 Å². The van der Waals surface area contributed by atoms with Crippen LogP contribution in [0.15, 0.2) is 4.52 Å². The number of aromatic nitrogens is 2. The third kappa shape index (κ3) is 5.59. The lowest BCUT2D eigenvalue weighted by atomic mass is 10.1. The summed E-state index contributed by atoms with van der Waals surface area (Å²) in [5.74, 6) is 1.55. The molecule has 1 heterocycles. The van der Waals surface area contributed by atoms with Gasteiger partial charge >= 0.3 is 0 Å². The molecule has 104 valence electrons. The van der Waals surface area contributed by atoms with Gasteiger partial charge in [-0.05, 0) is 18.8 Å². The van der Waals surface area contributed by atoms with Crippen molar-refractivity contribution in [1.82, 2.24) is 10.1 Å². The summed E-state index contributed by atoms with van der Waals surface area (Å²) in [5.41, 5.74) is 5.81. The molecular formula is C11H21N3O3S. The van der Waals surface area contributed by atoms with E-state index in [4.69, 9.17) is 10.3 Å². The van der Waals surface area contributed by atoms with E-state index < -0.39 is 15.9 Å². The second-order valence-corrected chi connectivity index (χ2v) is 7.27. The fourth-order valence-electron chi connectivity index (χ4n) is 1.40. The molecule has 0 amide bonds. The van der Waals surface area contributed by atoms with Crippen LogP contribution in [0.4, 0.5) is 0 Å². The van der Waals surface area contributed by atoms with Crippen LogP contribution in [0.5, 0.6) is 0 Å². The summed E-state index contributed by atoms with van der Waals surface area (Å²) in [5, 5.41) is 3.84. The first-order chi connectivity index (χ1) is 8.28. The molecule has 1 aromatic rings. The summed E-state index contributed by atoms with van der Waals surface area (Å²) < 4.78 is 27.1. The molecular weight excluding hydrogens is 254 g/mol. The first-order valence-corrected chi connectivity index (χ1v) is 8.10. The summed E-state index contributed by atoms with van der Waals surface area (Å²) >= 11 is 0. The van der Waals surface area contributed by atoms with E-state index in [1.807, 2.05) is 0 Å². The minimum absolute atomic E-state index is 0.0257. The zero-order valence-electron chi connectivity index (χ0n) is 11.1. The Morgan fingerprint density at radius 3 is 2.56 bits per heavy atom. The van der Waals surface area contributed by atoms with Crippen molar-refractivity contribution in [2.24, 2.45) is 11.7 Å². The van der Waals surface area contributed by atoms with E-state index in [0.29, 0.717) is 24.1 Å². The molecule has 18 heavy (non-hydrogen) atoms. The van der Waals surface area contributed by atoms with Crippen molar-refractivity contribution in [3.8, 4) is 0 Å². The average molecular weight is 275 g/mol. The number of rotatable bonds is 7. The van der Waals surface area contributed by atoms with Gasteiger partial charge in [0.2, 0.25) is 5.89 Å². The van der Waals surface area contributed by atoms with Crippen molar-refractivity contribution < 1.29 is 12.9 Å². The fraction of sp³-hybridized carbons (Fsp3) is 0.818. The zero-order chi connectivity index (χ0) is 13.8. The second-order valence-electron chi connectivity index (χ2n) is 5.01. The SMILES string of the molecule is CC(C)CCc1noc(C(N)CCS(C)(=O)=O)n1. The molecule has 6 nitrogen and oxygen atoms in total. The van der Waals surface area contributed by atoms with Crippen LogP contribution >= 0.6 is 0 Å². The fourth-order valence-corrected chi connectivity index (χ4v) is 2.08. The summed E-state index contributed by atoms with van der Waals surface area (Å²) in [7, 11) is -3.01. The highest BCUT2D eigenvalue weighted by Gasteiger charge is 2.16. The van der Waals surface area contributed by atoms with Crippen molar-refractivity contribution in [2.75, 3.05) is 12.0 Å². The second kappa shape index (κ2) is 6.29. The largest absolute Gasteiger partial charge is 0.338 e. The van der Waals surface area contributed by atoms with Crippen LogP contribution in [0.2, 0.25) is 0 Å². The van der Waals surface area contributed by atoms with E-state index in [0.717, 1.165) is 12.8 Å². The Labute approximate surface area is 108 Å². The lowest BCUT2D eigenvalue weighted by Gasteiger charge is -2.04. The van der Waals surface area contributed by atoms with Gasteiger partial charge in [0.1, 0.15) is 9.84 Å². The van der Waals surface area contributed by atoms with Crippen molar-refractivity contribution in [1.29, 1.82) is 0 Å². The van der Waals surface area contributed by atoms with Gasteiger partial charge in [0.15, 0.2) is 5.82 Å². The summed E-state index contributed by atoms with van der Waals surface area (Å²) in [6.07, 6.45) is 3.21. The highest BCUT2D eigenvalue weighted by molar-refractivity contribution is 7.90. The van der Waals surface area contributed by atoms with Crippen molar-refractivity contribution in [2.45, 2.75) is 39.2 Å². The van der Waals surface area contributed by atoms with Crippen molar-refractivity contribution in [3.63, 3.8) is 0 Å². The van der Waals surface area contributed by atoms with Gasteiger partial charge in [0, 0.05) is 12.7 Å². The topological polar surface area (TPSA) is 99.1 Å². The van der Waals surface area contributed by atoms with E-state index in [9.17, 15) is 8.42 Å². The molecule has 0 aliphatic rings. The third-order valence-electron chi connectivity index (χ3n) is 2.55. The van der Waals surface area contributed by atoms with E-state index in [2.05, 4.69) is 24.0 Å². The smallest absolute Gasteiger partial charge is 0.243 e. The number of hydrogen-bond acceptors (Lipinski definition) is 6. The Morgan fingerprint density at radius 2 is 2.00 bits per heavy atom. The number of nitrogens with zero attached hydrogens (tertiary/aromatic N) is 2. The first-order valence-electron chi connectivity index (χ1n) is 6.03. The van der Waals surface area contributed by atoms with E-state index in [-0.39, 0.29) is 5.75 Å². The van der Waals surface area contributed by atoms with Gasteiger partial charge < -0.3 is 10.3 Å². The molecule has 1 unspecified atom stereocenters. The van der Waals surface area contributed by atoms with E-state index in [1.54, 1.807) is 0 Å². The molecule has 0 fully saturated rings. The summed E-state index contributed by atoms with van der Waals surface area (Å²) in [6, 6.07) is -0.514. The molecule has 7 heteroatoms. The summed E-state index contributed by atoms with van der Waals surface area (Å²) in [6.45, 7) is 4.25. The molecule has 0 saturated carbocycles. The van der Waals surface area contributed by atoms with Crippen molar-refractivity contribution in [3.05, 3.63) is 11.7 Å². The van der Waals surface area contributed by atoms with Gasteiger partial charge in [-0.25, -0.2) is 8.42 Å². The van der Waals surface area contributed by atoms with Crippen LogP contribution in [0, 0.1) is 5.92 Å². The molecule has 0 aliphatic carbocycles. The summed E-state index contributed by atoms with van der Waals surface area (Å²) in [4.78, 5) is 4.19. The molecule has 0 spiro atoms. The van der Waals surface area contributed by atoms with Crippen LogP contribution in [-0.4, -0.2) is 30.6 Å². The predicted molar refractivity (Wildman–Crippen MR) is 68.7 cm³/mol. The molecule has 2 N–H and O–H groups in total. The Morgan fingerprint density at radius 1 is 1.33 bits per heavy atom. The van der Waals surface area contributed by atoms with E-state index >= 15 is 0 Å². The minimum Gasteiger partial charge on any atom is -0.338 e. The van der Waals surface area contributed by atoms with Gasteiger partial charge in [-0.15, -0.1) is 0 Å². The number of aryl methyl sites for hydroxylation is 1. The Hall–Kier alpha value is -0.950. The maximum absolute atomic E-state index is 11.0. The predicted octanol–water partition coefficient (Wildman–Crippen LogP) is 1.09. The first kappa shape index (κ1) is 15.1. The van der Waals surface area contributed by atoms with Crippen LogP contribution in [0.25, 0.3) is 0 Å². The molecule has 0 aromatic carbocycles. The number of hydrogen-bond donors (Lipinski definition) is 1. The molecule has 0 bridgehead atoms. The molecule has 0 radical (unpaired) electrons. The van der Waals surface area contributed by atoms with Gasteiger partial charge in [-0.3, -0.25) is 0 Å². The van der Waals surface area contributed by atoms with Gasteiger partial charge in [0.25, 0.3) is 0 Å². The maximum Gasteiger partial charge on any atom is 0.243 e. The zero-order valence-corrected chi connectivity index (χ0v) is 11.9. The van der Waals surface area contributed by atoms with Gasteiger partial charge in [-0.1, -0.05) is 19.0 Å².